The smallest absolute Gasteiger partial charge is 0.411 e. The van der Waals surface area contributed by atoms with Crippen LogP contribution in [0.1, 0.15) is 37.1 Å². The fourth-order valence-corrected chi connectivity index (χ4v) is 3.47. The van der Waals surface area contributed by atoms with Gasteiger partial charge in [-0.25, -0.2) is 9.78 Å². The quantitative estimate of drug-likeness (QED) is 0.886. The lowest BCUT2D eigenvalue weighted by atomic mass is 9.98. The monoisotopic (exact) mass is 290 g/mol. The maximum absolute atomic E-state index is 11.9. The van der Waals surface area contributed by atoms with E-state index in [1.54, 1.807) is 11.3 Å². The lowest BCUT2D eigenvalue weighted by Crippen LogP contribution is -2.24. The molecule has 1 saturated carbocycles. The van der Waals surface area contributed by atoms with Crippen LogP contribution in [-0.4, -0.2) is 17.2 Å². The Bertz CT molecular complexity index is 617. The minimum absolute atomic E-state index is 0.0816. The number of thiazole rings is 1. The van der Waals surface area contributed by atoms with Crippen LogP contribution in [0.4, 0.5) is 10.5 Å². The summed E-state index contributed by atoms with van der Waals surface area (Å²) in [5.41, 5.74) is 1.74. The molecule has 0 radical (unpaired) electrons. The molecule has 0 unspecified atom stereocenters. The van der Waals surface area contributed by atoms with E-state index >= 15 is 0 Å². The first kappa shape index (κ1) is 13.4. The van der Waals surface area contributed by atoms with Crippen molar-refractivity contribution in [3.8, 4) is 0 Å². The molecule has 1 aliphatic carbocycles. The highest BCUT2D eigenvalue weighted by Crippen LogP contribution is 2.25. The van der Waals surface area contributed by atoms with E-state index < -0.39 is 0 Å². The maximum Gasteiger partial charge on any atom is 0.411 e. The molecule has 0 saturated heterocycles. The zero-order valence-corrected chi connectivity index (χ0v) is 12.3. The molecule has 0 bridgehead atoms. The molecule has 2 aromatic rings. The number of aryl methyl sites for hydroxylation is 1. The largest absolute Gasteiger partial charge is 0.446 e. The van der Waals surface area contributed by atoms with Gasteiger partial charge in [-0.15, -0.1) is 11.3 Å². The molecule has 5 heteroatoms. The third-order valence-corrected chi connectivity index (χ3v) is 4.50. The van der Waals surface area contributed by atoms with E-state index in [9.17, 15) is 4.79 Å². The van der Waals surface area contributed by atoms with Crippen molar-refractivity contribution in [1.29, 1.82) is 0 Å². The first-order chi connectivity index (χ1) is 9.70. The number of rotatable bonds is 2. The van der Waals surface area contributed by atoms with E-state index in [1.165, 1.54) is 6.42 Å². The number of carbonyl (C=O) groups excluding carboxylic acids is 1. The highest BCUT2D eigenvalue weighted by atomic mass is 32.1. The number of anilines is 1. The van der Waals surface area contributed by atoms with Crippen LogP contribution in [0.25, 0.3) is 10.2 Å². The van der Waals surface area contributed by atoms with Gasteiger partial charge in [0.2, 0.25) is 0 Å². The van der Waals surface area contributed by atoms with Gasteiger partial charge in [-0.1, -0.05) is 6.42 Å². The number of nitrogens with one attached hydrogen (secondary N) is 1. The SMILES string of the molecule is Cc1nc2ccc(NC(=O)OC3CCCCC3)cc2s1. The Morgan fingerprint density at radius 2 is 2.15 bits per heavy atom. The standard InChI is InChI=1S/C15H18N2O2S/c1-10-16-13-8-7-11(9-14(13)20-10)17-15(18)19-12-5-3-2-4-6-12/h7-9,12H,2-6H2,1H3,(H,17,18). The fourth-order valence-electron chi connectivity index (χ4n) is 2.60. The highest BCUT2D eigenvalue weighted by Gasteiger charge is 2.17. The molecule has 1 aromatic heterocycles. The number of ether oxygens (including phenoxy) is 1. The molecule has 0 spiro atoms. The van der Waals surface area contributed by atoms with Crippen molar-refractivity contribution in [2.45, 2.75) is 45.1 Å². The van der Waals surface area contributed by atoms with Gasteiger partial charge in [-0.3, -0.25) is 5.32 Å². The van der Waals surface area contributed by atoms with Crippen molar-refractivity contribution in [3.63, 3.8) is 0 Å². The number of carbonyl (C=O) groups is 1. The molecular weight excluding hydrogens is 272 g/mol. The molecule has 0 atom stereocenters. The van der Waals surface area contributed by atoms with Crippen LogP contribution in [0.2, 0.25) is 0 Å². The summed E-state index contributed by atoms with van der Waals surface area (Å²) in [6, 6.07) is 5.74. The van der Waals surface area contributed by atoms with E-state index in [4.69, 9.17) is 4.74 Å². The molecule has 1 aliphatic rings. The second kappa shape index (κ2) is 5.79. The number of hydrogen-bond acceptors (Lipinski definition) is 4. The molecule has 0 aliphatic heterocycles. The minimum atomic E-state index is -0.350. The zero-order chi connectivity index (χ0) is 13.9. The van der Waals surface area contributed by atoms with Crippen molar-refractivity contribution >= 4 is 33.3 Å². The molecule has 106 valence electrons. The summed E-state index contributed by atoms with van der Waals surface area (Å²) < 4.78 is 6.53. The Hall–Kier alpha value is -1.62. The molecule has 1 fully saturated rings. The fraction of sp³-hybridized carbons (Fsp3) is 0.467. The summed E-state index contributed by atoms with van der Waals surface area (Å²) in [6.45, 7) is 1.98. The number of fused-ring (bicyclic) bond motifs is 1. The van der Waals surface area contributed by atoms with E-state index in [2.05, 4.69) is 10.3 Å². The van der Waals surface area contributed by atoms with Crippen molar-refractivity contribution in [3.05, 3.63) is 23.2 Å². The Morgan fingerprint density at radius 3 is 2.95 bits per heavy atom. The van der Waals surface area contributed by atoms with Gasteiger partial charge in [0.15, 0.2) is 0 Å². The van der Waals surface area contributed by atoms with Gasteiger partial charge in [0.25, 0.3) is 0 Å². The van der Waals surface area contributed by atoms with Gasteiger partial charge < -0.3 is 4.74 Å². The topological polar surface area (TPSA) is 51.2 Å². The van der Waals surface area contributed by atoms with Gasteiger partial charge >= 0.3 is 6.09 Å². The van der Waals surface area contributed by atoms with Crippen LogP contribution in [-0.2, 0) is 4.74 Å². The van der Waals surface area contributed by atoms with E-state index in [1.807, 2.05) is 25.1 Å². The molecule has 1 heterocycles. The summed E-state index contributed by atoms with van der Waals surface area (Å²) in [4.78, 5) is 16.3. The first-order valence-electron chi connectivity index (χ1n) is 7.05. The van der Waals surface area contributed by atoms with Crippen molar-refractivity contribution in [1.82, 2.24) is 4.98 Å². The van der Waals surface area contributed by atoms with Crippen LogP contribution in [0, 0.1) is 6.92 Å². The summed E-state index contributed by atoms with van der Waals surface area (Å²) >= 11 is 1.63. The lowest BCUT2D eigenvalue weighted by molar-refractivity contribution is 0.0865. The predicted molar refractivity (Wildman–Crippen MR) is 81.3 cm³/mol. The molecular formula is C15H18N2O2S. The summed E-state index contributed by atoms with van der Waals surface area (Å²) in [6.07, 6.45) is 5.27. The molecule has 4 nitrogen and oxygen atoms in total. The maximum atomic E-state index is 11.9. The predicted octanol–water partition coefficient (Wildman–Crippen LogP) is 4.49. The Labute approximate surface area is 122 Å². The van der Waals surface area contributed by atoms with Crippen LogP contribution in [0.5, 0.6) is 0 Å². The lowest BCUT2D eigenvalue weighted by Gasteiger charge is -2.21. The van der Waals surface area contributed by atoms with E-state index in [-0.39, 0.29) is 12.2 Å². The number of hydrogen-bond donors (Lipinski definition) is 1. The zero-order valence-electron chi connectivity index (χ0n) is 11.5. The summed E-state index contributed by atoms with van der Waals surface area (Å²) in [5.74, 6) is 0. The van der Waals surface area contributed by atoms with Crippen LogP contribution >= 0.6 is 11.3 Å². The Balaban J connectivity index is 1.64. The number of nitrogens with zero attached hydrogens (tertiary/aromatic N) is 1. The number of benzene rings is 1. The molecule has 20 heavy (non-hydrogen) atoms. The van der Waals surface area contributed by atoms with Crippen molar-refractivity contribution < 1.29 is 9.53 Å². The van der Waals surface area contributed by atoms with Gasteiger partial charge in [-0.2, -0.15) is 0 Å². The average Bonchev–Trinajstić information content (AvgIpc) is 2.79. The summed E-state index contributed by atoms with van der Waals surface area (Å²) in [7, 11) is 0. The Kier molecular flexibility index (Phi) is 3.87. The normalized spacial score (nSPS) is 16.2. The van der Waals surface area contributed by atoms with Crippen molar-refractivity contribution in [2.24, 2.45) is 0 Å². The van der Waals surface area contributed by atoms with Crippen LogP contribution < -0.4 is 5.32 Å². The molecule has 1 amide bonds. The minimum Gasteiger partial charge on any atom is -0.446 e. The molecule has 1 aromatic carbocycles. The van der Waals surface area contributed by atoms with Gasteiger partial charge in [0, 0.05) is 5.69 Å². The van der Waals surface area contributed by atoms with Crippen LogP contribution in [0.3, 0.4) is 0 Å². The number of aromatic nitrogens is 1. The van der Waals surface area contributed by atoms with Gasteiger partial charge in [0.1, 0.15) is 6.10 Å². The number of amides is 1. The van der Waals surface area contributed by atoms with E-state index in [0.717, 1.165) is 46.6 Å². The molecule has 3 rings (SSSR count). The van der Waals surface area contributed by atoms with Crippen LogP contribution in [0.15, 0.2) is 18.2 Å². The van der Waals surface area contributed by atoms with Crippen molar-refractivity contribution in [2.75, 3.05) is 5.32 Å². The van der Waals surface area contributed by atoms with Gasteiger partial charge in [-0.05, 0) is 50.8 Å². The third-order valence-electron chi connectivity index (χ3n) is 3.57. The highest BCUT2D eigenvalue weighted by molar-refractivity contribution is 7.18. The summed E-state index contributed by atoms with van der Waals surface area (Å²) in [5, 5.41) is 3.84. The van der Waals surface area contributed by atoms with Gasteiger partial charge in [0.05, 0.1) is 15.2 Å². The molecule has 1 N–H and O–H groups in total. The second-order valence-electron chi connectivity index (χ2n) is 5.21. The third kappa shape index (κ3) is 3.10. The second-order valence-corrected chi connectivity index (χ2v) is 6.44. The first-order valence-corrected chi connectivity index (χ1v) is 7.87. The van der Waals surface area contributed by atoms with E-state index in [0.29, 0.717) is 0 Å². The Morgan fingerprint density at radius 1 is 1.35 bits per heavy atom. The average molecular weight is 290 g/mol.